The van der Waals surface area contributed by atoms with Gasteiger partial charge in [-0.05, 0) is 36.2 Å². The fraction of sp³-hybridized carbons (Fsp3) is 0.250. The number of nitrogens with two attached hydrogens (primary N) is 1. The predicted octanol–water partition coefficient (Wildman–Crippen LogP) is 2.29. The Morgan fingerprint density at radius 2 is 2.00 bits per heavy atom. The van der Waals surface area contributed by atoms with E-state index in [0.29, 0.717) is 11.7 Å². The third-order valence-electron chi connectivity index (χ3n) is 4.87. The lowest BCUT2D eigenvalue weighted by Crippen LogP contribution is -2.52. The molecular formula is C20H22N4O. The minimum absolute atomic E-state index is 0.406. The maximum atomic E-state index is 11.4. The van der Waals surface area contributed by atoms with Crippen molar-refractivity contribution >= 4 is 22.5 Å². The number of rotatable bonds is 4. The van der Waals surface area contributed by atoms with E-state index in [1.807, 2.05) is 12.1 Å². The molecule has 0 aliphatic carbocycles. The van der Waals surface area contributed by atoms with Gasteiger partial charge in [0.05, 0.1) is 0 Å². The summed E-state index contributed by atoms with van der Waals surface area (Å²) in [5.74, 6) is -0.429. The first kappa shape index (κ1) is 15.7. The molecule has 1 fully saturated rings. The molecule has 4 N–H and O–H groups in total. The van der Waals surface area contributed by atoms with Crippen molar-refractivity contribution in [3.8, 4) is 0 Å². The predicted molar refractivity (Wildman–Crippen MR) is 101 cm³/mol. The average Bonchev–Trinajstić information content (AvgIpc) is 3.07. The quantitative estimate of drug-likeness (QED) is 0.685. The van der Waals surface area contributed by atoms with Crippen molar-refractivity contribution in [2.45, 2.75) is 12.5 Å². The van der Waals surface area contributed by atoms with Crippen molar-refractivity contribution in [3.05, 3.63) is 65.9 Å². The van der Waals surface area contributed by atoms with Gasteiger partial charge in [0.2, 0.25) is 0 Å². The number of primary amides is 1. The highest BCUT2D eigenvalue weighted by molar-refractivity contribution is 5.97. The molecule has 0 spiro atoms. The van der Waals surface area contributed by atoms with E-state index in [1.54, 1.807) is 0 Å². The van der Waals surface area contributed by atoms with E-state index in [-0.39, 0.29) is 0 Å². The van der Waals surface area contributed by atoms with Crippen molar-refractivity contribution in [3.63, 3.8) is 0 Å². The first-order valence-corrected chi connectivity index (χ1v) is 8.64. The summed E-state index contributed by atoms with van der Waals surface area (Å²) in [6.07, 6.45) is 1.01. The van der Waals surface area contributed by atoms with Gasteiger partial charge in [0, 0.05) is 42.3 Å². The standard InChI is InChI=1S/C20H22N4O/c21-20(25)19-12-15-11-16(6-7-18(15)23-19)24-9-8-22-13-17(24)10-14-4-2-1-3-5-14/h1-7,11-12,17,22-23H,8-10,13H2,(H2,21,25)/t17-/m0/s1. The molecule has 5 nitrogen and oxygen atoms in total. The normalized spacial score (nSPS) is 17.8. The van der Waals surface area contributed by atoms with Crippen molar-refractivity contribution in [2.24, 2.45) is 5.73 Å². The van der Waals surface area contributed by atoms with Gasteiger partial charge in [0.15, 0.2) is 0 Å². The van der Waals surface area contributed by atoms with Gasteiger partial charge in [-0.25, -0.2) is 0 Å². The van der Waals surface area contributed by atoms with Gasteiger partial charge < -0.3 is 20.9 Å². The highest BCUT2D eigenvalue weighted by Gasteiger charge is 2.23. The van der Waals surface area contributed by atoms with Crippen molar-refractivity contribution in [1.29, 1.82) is 0 Å². The van der Waals surface area contributed by atoms with Crippen LogP contribution in [0.15, 0.2) is 54.6 Å². The van der Waals surface area contributed by atoms with Crippen LogP contribution in [0.2, 0.25) is 0 Å². The molecule has 1 aromatic heterocycles. The Balaban J connectivity index is 1.63. The molecule has 128 valence electrons. The maximum Gasteiger partial charge on any atom is 0.265 e. The van der Waals surface area contributed by atoms with Gasteiger partial charge in [0.25, 0.3) is 5.91 Å². The van der Waals surface area contributed by atoms with Crippen LogP contribution >= 0.6 is 0 Å². The number of benzene rings is 2. The molecule has 0 radical (unpaired) electrons. The van der Waals surface area contributed by atoms with Gasteiger partial charge in [-0.15, -0.1) is 0 Å². The molecule has 5 heteroatoms. The van der Waals surface area contributed by atoms with E-state index >= 15 is 0 Å². The molecule has 3 aromatic rings. The van der Waals surface area contributed by atoms with Gasteiger partial charge in [-0.3, -0.25) is 4.79 Å². The number of amides is 1. The number of nitrogens with one attached hydrogen (secondary N) is 2. The largest absolute Gasteiger partial charge is 0.366 e. The van der Waals surface area contributed by atoms with Crippen molar-refractivity contribution in [1.82, 2.24) is 10.3 Å². The van der Waals surface area contributed by atoms with Crippen molar-refractivity contribution < 1.29 is 4.79 Å². The number of hydrogen-bond donors (Lipinski definition) is 3. The zero-order valence-electron chi connectivity index (χ0n) is 14.0. The van der Waals surface area contributed by atoms with Crippen LogP contribution in [-0.4, -0.2) is 36.6 Å². The van der Waals surface area contributed by atoms with Crippen LogP contribution in [0.5, 0.6) is 0 Å². The topological polar surface area (TPSA) is 74.2 Å². The summed E-state index contributed by atoms with van der Waals surface area (Å²) in [5, 5.41) is 4.52. The first-order chi connectivity index (χ1) is 12.2. The highest BCUT2D eigenvalue weighted by atomic mass is 16.1. The molecule has 0 unspecified atom stereocenters. The van der Waals surface area contributed by atoms with E-state index in [2.05, 4.69) is 57.7 Å². The second-order valence-corrected chi connectivity index (χ2v) is 6.56. The van der Waals surface area contributed by atoms with Crippen molar-refractivity contribution in [2.75, 3.05) is 24.5 Å². The Hall–Kier alpha value is -2.79. The Labute approximate surface area is 146 Å². The highest BCUT2D eigenvalue weighted by Crippen LogP contribution is 2.26. The van der Waals surface area contributed by atoms with Crippen LogP contribution in [0, 0.1) is 0 Å². The van der Waals surface area contributed by atoms with Crippen LogP contribution < -0.4 is 16.0 Å². The van der Waals surface area contributed by atoms with E-state index < -0.39 is 5.91 Å². The summed E-state index contributed by atoms with van der Waals surface area (Å²) in [7, 11) is 0. The molecule has 1 aliphatic heterocycles. The van der Waals surface area contributed by atoms with Crippen LogP contribution in [0.4, 0.5) is 5.69 Å². The Bertz CT molecular complexity index is 887. The molecule has 4 rings (SSSR count). The van der Waals surface area contributed by atoms with E-state index in [0.717, 1.165) is 37.0 Å². The Morgan fingerprint density at radius 3 is 2.80 bits per heavy atom. The number of nitrogens with zero attached hydrogens (tertiary/aromatic N) is 1. The summed E-state index contributed by atoms with van der Waals surface area (Å²) in [4.78, 5) is 16.9. The number of carbonyl (C=O) groups excluding carboxylic acids is 1. The smallest absolute Gasteiger partial charge is 0.265 e. The minimum Gasteiger partial charge on any atom is -0.366 e. The van der Waals surface area contributed by atoms with Crippen LogP contribution in [0.3, 0.4) is 0 Å². The number of fused-ring (bicyclic) bond motifs is 1. The third kappa shape index (κ3) is 3.23. The average molecular weight is 334 g/mol. The minimum atomic E-state index is -0.429. The lowest BCUT2D eigenvalue weighted by molar-refractivity contribution is 0.0996. The molecule has 0 saturated carbocycles. The molecule has 1 amide bonds. The van der Waals surface area contributed by atoms with Gasteiger partial charge in [-0.1, -0.05) is 30.3 Å². The van der Waals surface area contributed by atoms with E-state index in [4.69, 9.17) is 5.73 Å². The number of aromatic nitrogens is 1. The molecule has 1 atom stereocenters. The molecule has 1 saturated heterocycles. The first-order valence-electron chi connectivity index (χ1n) is 8.64. The number of piperazine rings is 1. The van der Waals surface area contributed by atoms with Crippen LogP contribution in [0.1, 0.15) is 16.1 Å². The second-order valence-electron chi connectivity index (χ2n) is 6.56. The van der Waals surface area contributed by atoms with Crippen LogP contribution in [-0.2, 0) is 6.42 Å². The van der Waals surface area contributed by atoms with Gasteiger partial charge in [0.1, 0.15) is 5.69 Å². The number of aromatic amines is 1. The lowest BCUT2D eigenvalue weighted by atomic mass is 10.0. The number of anilines is 1. The molecule has 0 bridgehead atoms. The summed E-state index contributed by atoms with van der Waals surface area (Å²) in [5.41, 5.74) is 9.30. The molecular weight excluding hydrogens is 312 g/mol. The van der Waals surface area contributed by atoms with Gasteiger partial charge >= 0.3 is 0 Å². The lowest BCUT2D eigenvalue weighted by Gasteiger charge is -2.38. The SMILES string of the molecule is NC(=O)c1cc2cc(N3CCNC[C@@H]3Cc3ccccc3)ccc2[nH]1. The molecule has 25 heavy (non-hydrogen) atoms. The number of carbonyl (C=O) groups is 1. The fourth-order valence-corrected chi connectivity index (χ4v) is 3.60. The molecule has 2 heterocycles. The Morgan fingerprint density at radius 1 is 1.16 bits per heavy atom. The summed E-state index contributed by atoms with van der Waals surface area (Å²) < 4.78 is 0. The summed E-state index contributed by atoms with van der Waals surface area (Å²) in [6, 6.07) is 19.1. The molecule has 1 aliphatic rings. The number of hydrogen-bond acceptors (Lipinski definition) is 3. The van der Waals surface area contributed by atoms with Crippen LogP contribution in [0.25, 0.3) is 10.9 Å². The van der Waals surface area contributed by atoms with Gasteiger partial charge in [-0.2, -0.15) is 0 Å². The fourth-order valence-electron chi connectivity index (χ4n) is 3.60. The maximum absolute atomic E-state index is 11.4. The third-order valence-corrected chi connectivity index (χ3v) is 4.87. The second kappa shape index (κ2) is 6.61. The monoisotopic (exact) mass is 334 g/mol. The zero-order chi connectivity index (χ0) is 17.2. The summed E-state index contributed by atoms with van der Waals surface area (Å²) >= 11 is 0. The zero-order valence-corrected chi connectivity index (χ0v) is 14.0. The Kier molecular flexibility index (Phi) is 4.15. The number of H-pyrrole nitrogens is 1. The summed E-state index contributed by atoms with van der Waals surface area (Å²) in [6.45, 7) is 2.91. The van der Waals surface area contributed by atoms with E-state index in [9.17, 15) is 4.79 Å². The van der Waals surface area contributed by atoms with E-state index in [1.165, 1.54) is 11.3 Å². The molecule has 2 aromatic carbocycles.